The number of nitrogens with two attached hydrogens (primary N) is 1. The van der Waals surface area contributed by atoms with Crippen LogP contribution in [-0.2, 0) is 11.3 Å². The maximum Gasteiger partial charge on any atom is 0.321 e. The minimum Gasteiger partial charge on any atom is -0.480 e. The number of benzene rings is 1. The predicted molar refractivity (Wildman–Crippen MR) is 76.4 cm³/mol. The molecule has 1 rings (SSSR count). The van der Waals surface area contributed by atoms with Gasteiger partial charge in [-0.2, -0.15) is 0 Å². The Labute approximate surface area is 118 Å². The van der Waals surface area contributed by atoms with Crippen LogP contribution in [0.4, 0.5) is 4.79 Å². The highest BCUT2D eigenvalue weighted by molar-refractivity contribution is 5.96. The van der Waals surface area contributed by atoms with Crippen LogP contribution in [-0.4, -0.2) is 24.6 Å². The zero-order chi connectivity index (χ0) is 15.1. The normalized spacial score (nSPS) is 11.6. The molecule has 6 nitrogen and oxygen atoms in total. The molecule has 1 atom stereocenters. The maximum absolute atomic E-state index is 11.8. The molecule has 0 bridgehead atoms. The lowest BCUT2D eigenvalue weighted by Gasteiger charge is -2.18. The van der Waals surface area contributed by atoms with Gasteiger partial charge < -0.3 is 15.8 Å². The Bertz CT molecular complexity index is 489. The van der Waals surface area contributed by atoms with E-state index in [0.717, 1.165) is 11.1 Å². The van der Waals surface area contributed by atoms with Gasteiger partial charge in [-0.05, 0) is 26.3 Å². The van der Waals surface area contributed by atoms with Crippen LogP contribution in [0.15, 0.2) is 18.2 Å². The van der Waals surface area contributed by atoms with Crippen LogP contribution in [0.25, 0.3) is 0 Å². The average Bonchev–Trinajstić information content (AvgIpc) is 2.41. The van der Waals surface area contributed by atoms with E-state index in [2.05, 4.69) is 10.6 Å². The van der Waals surface area contributed by atoms with Crippen LogP contribution in [0.1, 0.15) is 25.0 Å². The molecule has 0 aliphatic carbocycles. The van der Waals surface area contributed by atoms with Gasteiger partial charge in [0.15, 0.2) is 6.10 Å². The summed E-state index contributed by atoms with van der Waals surface area (Å²) >= 11 is 0. The van der Waals surface area contributed by atoms with Crippen molar-refractivity contribution in [1.29, 1.82) is 0 Å². The van der Waals surface area contributed by atoms with Crippen LogP contribution in [0.2, 0.25) is 0 Å². The summed E-state index contributed by atoms with van der Waals surface area (Å²) in [4.78, 5) is 23.1. The Morgan fingerprint density at radius 3 is 2.70 bits per heavy atom. The zero-order valence-electron chi connectivity index (χ0n) is 12.0. The fourth-order valence-corrected chi connectivity index (χ4v) is 1.69. The standard InChI is InChI=1S/C14H21N3O3/c1-4-16-14(19)17-13(18)10(3)20-12-9(2)6-5-7-11(12)8-15/h5-7,10H,4,8,15H2,1-3H3,(H2,16,17,18,19). The first-order chi connectivity index (χ1) is 9.49. The number of ether oxygens (including phenoxy) is 1. The number of hydrogen-bond acceptors (Lipinski definition) is 4. The average molecular weight is 279 g/mol. The second-order valence-electron chi connectivity index (χ2n) is 4.38. The summed E-state index contributed by atoms with van der Waals surface area (Å²) in [7, 11) is 0. The first-order valence-corrected chi connectivity index (χ1v) is 6.53. The Kier molecular flexibility index (Phi) is 5.99. The highest BCUT2D eigenvalue weighted by Crippen LogP contribution is 2.24. The quantitative estimate of drug-likeness (QED) is 0.751. The minimum absolute atomic E-state index is 0.321. The van der Waals surface area contributed by atoms with Gasteiger partial charge in [0.25, 0.3) is 5.91 Å². The molecule has 6 heteroatoms. The molecular weight excluding hydrogens is 258 g/mol. The molecule has 0 aromatic heterocycles. The van der Waals surface area contributed by atoms with Crippen molar-refractivity contribution in [2.24, 2.45) is 5.73 Å². The Balaban J connectivity index is 2.73. The second-order valence-corrected chi connectivity index (χ2v) is 4.38. The fourth-order valence-electron chi connectivity index (χ4n) is 1.69. The number of carbonyl (C=O) groups excluding carboxylic acids is 2. The molecule has 110 valence electrons. The van der Waals surface area contributed by atoms with Crippen LogP contribution in [0.5, 0.6) is 5.75 Å². The predicted octanol–water partition coefficient (Wildman–Crippen LogP) is 1.07. The SMILES string of the molecule is CCNC(=O)NC(=O)C(C)Oc1c(C)cccc1CN. The van der Waals surface area contributed by atoms with E-state index in [1.165, 1.54) is 0 Å². The molecule has 1 aromatic carbocycles. The third-order valence-electron chi connectivity index (χ3n) is 2.75. The third-order valence-corrected chi connectivity index (χ3v) is 2.75. The van der Waals surface area contributed by atoms with Gasteiger partial charge in [0.1, 0.15) is 5.75 Å². The largest absolute Gasteiger partial charge is 0.480 e. The zero-order valence-corrected chi connectivity index (χ0v) is 12.0. The van der Waals surface area contributed by atoms with Crippen molar-refractivity contribution in [1.82, 2.24) is 10.6 Å². The van der Waals surface area contributed by atoms with Crippen molar-refractivity contribution >= 4 is 11.9 Å². The number of nitrogens with one attached hydrogen (secondary N) is 2. The first-order valence-electron chi connectivity index (χ1n) is 6.53. The van der Waals surface area contributed by atoms with Crippen molar-refractivity contribution < 1.29 is 14.3 Å². The number of carbonyl (C=O) groups is 2. The van der Waals surface area contributed by atoms with Gasteiger partial charge in [-0.3, -0.25) is 10.1 Å². The molecule has 0 heterocycles. The van der Waals surface area contributed by atoms with E-state index in [4.69, 9.17) is 10.5 Å². The summed E-state index contributed by atoms with van der Waals surface area (Å²) in [5.41, 5.74) is 7.36. The maximum atomic E-state index is 11.8. The Hall–Kier alpha value is -2.08. The van der Waals surface area contributed by atoms with E-state index < -0.39 is 18.0 Å². The van der Waals surface area contributed by atoms with E-state index in [1.807, 2.05) is 25.1 Å². The highest BCUT2D eigenvalue weighted by atomic mass is 16.5. The number of rotatable bonds is 5. The van der Waals surface area contributed by atoms with E-state index in [9.17, 15) is 9.59 Å². The van der Waals surface area contributed by atoms with Crippen molar-refractivity contribution in [2.45, 2.75) is 33.4 Å². The van der Waals surface area contributed by atoms with Gasteiger partial charge in [-0.25, -0.2) is 4.79 Å². The fraction of sp³-hybridized carbons (Fsp3) is 0.429. The topological polar surface area (TPSA) is 93.5 Å². The summed E-state index contributed by atoms with van der Waals surface area (Å²) in [6, 6.07) is 5.07. The van der Waals surface area contributed by atoms with E-state index in [-0.39, 0.29) is 0 Å². The molecule has 1 aromatic rings. The van der Waals surface area contributed by atoms with Gasteiger partial charge in [0.2, 0.25) is 0 Å². The first kappa shape index (κ1) is 16.0. The summed E-state index contributed by atoms with van der Waals surface area (Å²) in [6.45, 7) is 6.00. The van der Waals surface area contributed by atoms with Gasteiger partial charge in [-0.1, -0.05) is 18.2 Å². The van der Waals surface area contributed by atoms with Crippen LogP contribution in [0.3, 0.4) is 0 Å². The molecule has 1 unspecified atom stereocenters. The van der Waals surface area contributed by atoms with Gasteiger partial charge in [0.05, 0.1) is 0 Å². The Morgan fingerprint density at radius 1 is 1.40 bits per heavy atom. The van der Waals surface area contributed by atoms with E-state index in [0.29, 0.717) is 18.8 Å². The number of amides is 3. The monoisotopic (exact) mass is 279 g/mol. The van der Waals surface area contributed by atoms with Crippen LogP contribution >= 0.6 is 0 Å². The van der Waals surface area contributed by atoms with Crippen molar-refractivity contribution in [3.63, 3.8) is 0 Å². The number of aryl methyl sites for hydroxylation is 1. The lowest BCUT2D eigenvalue weighted by molar-refractivity contribution is -0.126. The molecule has 0 aliphatic rings. The van der Waals surface area contributed by atoms with Crippen molar-refractivity contribution in [2.75, 3.05) is 6.54 Å². The number of imide groups is 1. The molecule has 0 saturated carbocycles. The Morgan fingerprint density at radius 2 is 2.10 bits per heavy atom. The van der Waals surface area contributed by atoms with Crippen LogP contribution < -0.4 is 21.1 Å². The molecule has 4 N–H and O–H groups in total. The van der Waals surface area contributed by atoms with Gasteiger partial charge in [0, 0.05) is 18.7 Å². The van der Waals surface area contributed by atoms with Crippen molar-refractivity contribution in [3.8, 4) is 5.75 Å². The second kappa shape index (κ2) is 7.49. The molecule has 20 heavy (non-hydrogen) atoms. The third kappa shape index (κ3) is 4.24. The molecule has 3 amide bonds. The lowest BCUT2D eigenvalue weighted by atomic mass is 10.1. The lowest BCUT2D eigenvalue weighted by Crippen LogP contribution is -2.45. The minimum atomic E-state index is -0.788. The molecule has 0 radical (unpaired) electrons. The van der Waals surface area contributed by atoms with E-state index >= 15 is 0 Å². The molecule has 0 fully saturated rings. The number of urea groups is 1. The van der Waals surface area contributed by atoms with Crippen molar-refractivity contribution in [3.05, 3.63) is 29.3 Å². The smallest absolute Gasteiger partial charge is 0.321 e. The highest BCUT2D eigenvalue weighted by Gasteiger charge is 2.19. The van der Waals surface area contributed by atoms with Gasteiger partial charge >= 0.3 is 6.03 Å². The summed E-state index contributed by atoms with van der Waals surface area (Å²) in [5, 5.41) is 4.70. The summed E-state index contributed by atoms with van der Waals surface area (Å²) in [5.74, 6) is 0.0933. The summed E-state index contributed by atoms with van der Waals surface area (Å²) in [6.07, 6.45) is -0.788. The molecule has 0 saturated heterocycles. The number of para-hydroxylation sites is 1. The summed E-state index contributed by atoms with van der Waals surface area (Å²) < 4.78 is 5.64. The number of hydrogen-bond donors (Lipinski definition) is 3. The van der Waals surface area contributed by atoms with Crippen LogP contribution in [0, 0.1) is 6.92 Å². The molecular formula is C14H21N3O3. The molecule has 0 aliphatic heterocycles. The van der Waals surface area contributed by atoms with Gasteiger partial charge in [-0.15, -0.1) is 0 Å². The molecule has 0 spiro atoms. The van der Waals surface area contributed by atoms with E-state index in [1.54, 1.807) is 13.8 Å².